The molecule has 2 rings (SSSR count). The lowest BCUT2D eigenvalue weighted by atomic mass is 10.1. The summed E-state index contributed by atoms with van der Waals surface area (Å²) in [4.78, 5) is 3.47. The highest BCUT2D eigenvalue weighted by molar-refractivity contribution is 14.1. The number of hydrogen-bond donors (Lipinski definition) is 1. The molecular weight excluding hydrogens is 619 g/mol. The second-order valence-corrected chi connectivity index (χ2v) is 11.9. The van der Waals surface area contributed by atoms with Crippen molar-refractivity contribution in [1.29, 1.82) is 5.26 Å². The van der Waals surface area contributed by atoms with E-state index in [1.54, 1.807) is 11.6 Å². The van der Waals surface area contributed by atoms with Gasteiger partial charge in [0.2, 0.25) is 10.0 Å². The van der Waals surface area contributed by atoms with Gasteiger partial charge in [-0.15, -0.1) is 11.8 Å². The first-order chi connectivity index (χ1) is 15.3. The summed E-state index contributed by atoms with van der Waals surface area (Å²) in [6, 6.07) is 4.98. The minimum atomic E-state index is -5.14. The number of nitrogens with zero attached hydrogens (tertiary/aromatic N) is 2. The van der Waals surface area contributed by atoms with Gasteiger partial charge in [0.15, 0.2) is 3.55 Å². The molecule has 0 fully saturated rings. The zero-order valence-corrected chi connectivity index (χ0v) is 21.9. The zero-order valence-electron chi connectivity index (χ0n) is 18.1. The van der Waals surface area contributed by atoms with Crippen LogP contribution >= 0.6 is 34.4 Å². The fraction of sp³-hybridized carbons (Fsp3) is 0.400. The van der Waals surface area contributed by atoms with Gasteiger partial charge in [0.1, 0.15) is 11.1 Å². The van der Waals surface area contributed by atoms with Crippen LogP contribution in [0.4, 0.5) is 26.3 Å². The van der Waals surface area contributed by atoms with Gasteiger partial charge in [0.05, 0.1) is 16.0 Å². The van der Waals surface area contributed by atoms with Crippen LogP contribution in [0.5, 0.6) is 0 Å². The predicted octanol–water partition coefficient (Wildman–Crippen LogP) is 5.97. The largest absolute Gasteiger partial charge is 0.417 e. The Morgan fingerprint density at radius 1 is 1.06 bits per heavy atom. The molecule has 0 bridgehead atoms. The van der Waals surface area contributed by atoms with Gasteiger partial charge in [0.25, 0.3) is 0 Å². The molecule has 0 saturated heterocycles. The molecule has 0 aliphatic carbocycles. The predicted molar refractivity (Wildman–Crippen MR) is 123 cm³/mol. The van der Waals surface area contributed by atoms with E-state index in [0.717, 1.165) is 28.2 Å². The van der Waals surface area contributed by atoms with Crippen LogP contribution in [0.15, 0.2) is 28.1 Å². The smallest absolute Gasteiger partial charge is 0.245 e. The van der Waals surface area contributed by atoms with E-state index >= 15 is 0 Å². The number of thioether (sulfide) groups is 1. The molecule has 0 spiro atoms. The minimum Gasteiger partial charge on any atom is -0.245 e. The summed E-state index contributed by atoms with van der Waals surface area (Å²) in [5, 5.41) is 8.64. The first kappa shape index (κ1) is 28.7. The van der Waals surface area contributed by atoms with Crippen molar-refractivity contribution < 1.29 is 34.8 Å². The van der Waals surface area contributed by atoms with E-state index in [4.69, 9.17) is 0 Å². The Morgan fingerprint density at radius 2 is 1.59 bits per heavy atom. The summed E-state index contributed by atoms with van der Waals surface area (Å²) in [5.41, 5.74) is -1.23. The van der Waals surface area contributed by atoms with E-state index in [0.29, 0.717) is 6.07 Å². The van der Waals surface area contributed by atoms with Crippen molar-refractivity contribution in [3.8, 4) is 6.07 Å². The van der Waals surface area contributed by atoms with Gasteiger partial charge in [-0.2, -0.15) is 36.3 Å². The molecule has 1 aromatic carbocycles. The monoisotopic (exact) mass is 637 g/mol. The van der Waals surface area contributed by atoms with Gasteiger partial charge in [-0.05, 0) is 67.5 Å². The molecular formula is C20H18F6IN3O2S2. The number of hydrogen-bond acceptors (Lipinski definition) is 5. The number of benzene rings is 1. The second kappa shape index (κ2) is 9.82. The number of aromatic nitrogens is 1. The van der Waals surface area contributed by atoms with Crippen molar-refractivity contribution in [1.82, 2.24) is 9.71 Å². The van der Waals surface area contributed by atoms with Crippen LogP contribution in [0.25, 0.3) is 0 Å². The van der Waals surface area contributed by atoms with Crippen LogP contribution < -0.4 is 4.72 Å². The molecule has 2 aromatic rings. The number of rotatable bonds is 6. The van der Waals surface area contributed by atoms with E-state index in [-0.39, 0.29) is 33.5 Å². The van der Waals surface area contributed by atoms with Crippen molar-refractivity contribution in [3.05, 3.63) is 51.7 Å². The first-order valence-electron chi connectivity index (χ1n) is 9.31. The number of sulfonamides is 1. The highest BCUT2D eigenvalue weighted by Gasteiger charge is 2.56. The topological polar surface area (TPSA) is 82.8 Å². The SMILES string of the molecule is Cc1cc(C)c(S(=O)(=O)NC(I)(CSc2nc(C)cc(C(F)(F)F)c2C#N)C(F)(F)F)c(C)c1. The second-order valence-electron chi connectivity index (χ2n) is 7.52. The van der Waals surface area contributed by atoms with E-state index in [2.05, 4.69) is 4.98 Å². The molecule has 5 nitrogen and oxygen atoms in total. The van der Waals surface area contributed by atoms with Crippen LogP contribution in [0, 0.1) is 39.0 Å². The summed E-state index contributed by atoms with van der Waals surface area (Å²) in [7, 11) is -4.70. The Bertz CT molecular complexity index is 1230. The van der Waals surface area contributed by atoms with Gasteiger partial charge in [-0.1, -0.05) is 17.7 Å². The first-order valence-corrected chi connectivity index (χ1v) is 12.9. The molecule has 0 aliphatic heterocycles. The third kappa shape index (κ3) is 6.16. The van der Waals surface area contributed by atoms with Crippen LogP contribution in [0.3, 0.4) is 0 Å². The Kier molecular flexibility index (Phi) is 8.28. The lowest BCUT2D eigenvalue weighted by Crippen LogP contribution is -2.55. The normalized spacial score (nSPS) is 14.5. The average Bonchev–Trinajstić information content (AvgIpc) is 2.62. The number of pyridine rings is 1. The summed E-state index contributed by atoms with van der Waals surface area (Å²) < 4.78 is 107. The third-order valence-corrected chi connectivity index (χ3v) is 9.65. The average molecular weight is 637 g/mol. The standard InChI is InChI=1S/C20H18F6IN3O2S2/c1-10-5-11(2)16(12(3)6-10)34(31,32)30-18(27,20(24,25)26)9-33-17-14(8-28)15(19(21,22)23)7-13(4)29-17/h5-7,30H,9H2,1-4H3. The molecule has 1 N–H and O–H groups in total. The lowest BCUT2D eigenvalue weighted by Gasteiger charge is -2.31. The Balaban J connectivity index is 2.52. The van der Waals surface area contributed by atoms with Crippen LogP contribution in [0.2, 0.25) is 0 Å². The summed E-state index contributed by atoms with van der Waals surface area (Å²) in [5.74, 6) is -1.08. The fourth-order valence-electron chi connectivity index (χ4n) is 3.27. The summed E-state index contributed by atoms with van der Waals surface area (Å²) in [6.07, 6.45) is -10.1. The van der Waals surface area contributed by atoms with Crippen molar-refractivity contribution in [2.45, 2.75) is 53.5 Å². The van der Waals surface area contributed by atoms with Gasteiger partial charge >= 0.3 is 12.4 Å². The Labute approximate surface area is 210 Å². The van der Waals surface area contributed by atoms with Crippen molar-refractivity contribution in [2.24, 2.45) is 0 Å². The summed E-state index contributed by atoms with van der Waals surface area (Å²) >= 11 is 1.09. The maximum absolute atomic E-state index is 14.0. The van der Waals surface area contributed by atoms with Crippen molar-refractivity contribution in [3.63, 3.8) is 0 Å². The van der Waals surface area contributed by atoms with E-state index < -0.39 is 47.8 Å². The Morgan fingerprint density at radius 3 is 2.03 bits per heavy atom. The number of halogens is 7. The lowest BCUT2D eigenvalue weighted by molar-refractivity contribution is -0.151. The number of alkyl halides is 7. The molecule has 1 heterocycles. The molecule has 0 saturated carbocycles. The number of nitrogens with one attached hydrogen (secondary N) is 1. The third-order valence-electron chi connectivity index (χ3n) is 4.56. The Hall–Kier alpha value is -1.57. The minimum absolute atomic E-state index is 0.161. The molecule has 1 aromatic heterocycles. The molecule has 186 valence electrons. The highest BCUT2D eigenvalue weighted by Crippen LogP contribution is 2.43. The molecule has 0 amide bonds. The summed E-state index contributed by atoms with van der Waals surface area (Å²) in [6.45, 7) is 5.80. The van der Waals surface area contributed by atoms with E-state index in [1.807, 2.05) is 0 Å². The van der Waals surface area contributed by atoms with Gasteiger partial charge in [-0.25, -0.2) is 13.4 Å². The molecule has 0 radical (unpaired) electrons. The van der Waals surface area contributed by atoms with Crippen molar-refractivity contribution in [2.75, 3.05) is 5.75 Å². The van der Waals surface area contributed by atoms with E-state index in [9.17, 15) is 40.0 Å². The maximum atomic E-state index is 14.0. The molecule has 14 heteroatoms. The molecule has 34 heavy (non-hydrogen) atoms. The van der Waals surface area contributed by atoms with Gasteiger partial charge < -0.3 is 0 Å². The fourth-order valence-corrected chi connectivity index (χ4v) is 7.46. The molecule has 1 unspecified atom stereocenters. The van der Waals surface area contributed by atoms with Gasteiger partial charge in [-0.3, -0.25) is 0 Å². The van der Waals surface area contributed by atoms with E-state index in [1.165, 1.54) is 39.0 Å². The maximum Gasteiger partial charge on any atom is 0.417 e. The molecule has 0 aliphatic rings. The van der Waals surface area contributed by atoms with Crippen molar-refractivity contribution >= 4 is 44.4 Å². The van der Waals surface area contributed by atoms with Crippen LogP contribution in [-0.2, 0) is 16.2 Å². The van der Waals surface area contributed by atoms with Crippen LogP contribution in [0.1, 0.15) is 33.5 Å². The number of aryl methyl sites for hydroxylation is 4. The number of nitriles is 1. The molecule has 1 atom stereocenters. The highest BCUT2D eigenvalue weighted by atomic mass is 127. The zero-order chi connectivity index (χ0) is 26.3. The van der Waals surface area contributed by atoms with Crippen LogP contribution in [-0.4, -0.2) is 28.9 Å². The quantitative estimate of drug-likeness (QED) is 0.139. The van der Waals surface area contributed by atoms with Gasteiger partial charge in [0, 0.05) is 11.4 Å².